The quantitative estimate of drug-likeness (QED) is 0.761. The van der Waals surface area contributed by atoms with E-state index in [2.05, 4.69) is 19.1 Å². The van der Waals surface area contributed by atoms with Gasteiger partial charge in [-0.3, -0.25) is 0 Å². The third kappa shape index (κ3) is 3.82. The zero-order valence-corrected chi connectivity index (χ0v) is 11.6. The lowest BCUT2D eigenvalue weighted by atomic mass is 10.1. The fourth-order valence-corrected chi connectivity index (χ4v) is 2.48. The van der Waals surface area contributed by atoms with E-state index in [0.29, 0.717) is 6.54 Å². The van der Waals surface area contributed by atoms with Crippen molar-refractivity contribution in [2.45, 2.75) is 24.7 Å². The number of thioether (sulfide) groups is 1. The van der Waals surface area contributed by atoms with E-state index in [1.54, 1.807) is 26.0 Å². The molecule has 0 aliphatic heterocycles. The highest BCUT2D eigenvalue weighted by atomic mass is 32.2. The molecule has 0 atom stereocenters. The van der Waals surface area contributed by atoms with Crippen LogP contribution in [0.15, 0.2) is 17.0 Å². The summed E-state index contributed by atoms with van der Waals surface area (Å²) in [4.78, 5) is 1.13. The summed E-state index contributed by atoms with van der Waals surface area (Å²) in [6, 6.07) is 4.12. The molecule has 1 rings (SSSR count). The summed E-state index contributed by atoms with van der Waals surface area (Å²) in [5, 5.41) is 0. The molecule has 0 aliphatic rings. The lowest BCUT2D eigenvalue weighted by molar-refractivity contribution is 0.390. The maximum absolute atomic E-state index is 5.54. The van der Waals surface area contributed by atoms with Crippen LogP contribution in [0.5, 0.6) is 11.5 Å². The first-order valence-electron chi connectivity index (χ1n) is 5.84. The Kier molecular flexibility index (Phi) is 6.22. The van der Waals surface area contributed by atoms with Crippen LogP contribution in [0.4, 0.5) is 0 Å². The molecule has 0 saturated carbocycles. The van der Waals surface area contributed by atoms with E-state index in [-0.39, 0.29) is 0 Å². The molecule has 1 aromatic rings. The van der Waals surface area contributed by atoms with E-state index < -0.39 is 0 Å². The molecule has 3 nitrogen and oxygen atoms in total. The van der Waals surface area contributed by atoms with Crippen LogP contribution >= 0.6 is 11.8 Å². The number of hydrogen-bond acceptors (Lipinski definition) is 4. The number of ether oxygens (including phenoxy) is 2. The Balaban J connectivity index is 3.04. The SMILES string of the molecule is CCSc1cc(OC)c(CCCN)cc1OC. The molecular weight excluding hydrogens is 234 g/mol. The van der Waals surface area contributed by atoms with E-state index in [9.17, 15) is 0 Å². The Morgan fingerprint density at radius 1 is 1.18 bits per heavy atom. The summed E-state index contributed by atoms with van der Waals surface area (Å²) in [6.45, 7) is 2.82. The first kappa shape index (κ1) is 14.2. The van der Waals surface area contributed by atoms with Crippen LogP contribution in [0.3, 0.4) is 0 Å². The molecular formula is C13H21NO2S. The summed E-state index contributed by atoms with van der Waals surface area (Å²) in [6.07, 6.45) is 1.88. The molecule has 0 radical (unpaired) electrons. The predicted octanol–water partition coefficient (Wildman–Crippen LogP) is 2.71. The summed E-state index contributed by atoms with van der Waals surface area (Å²) < 4.78 is 10.8. The van der Waals surface area contributed by atoms with Crippen LogP contribution in [0.25, 0.3) is 0 Å². The number of nitrogens with two attached hydrogens (primary N) is 1. The normalized spacial score (nSPS) is 10.4. The highest BCUT2D eigenvalue weighted by Gasteiger charge is 2.10. The lowest BCUT2D eigenvalue weighted by Gasteiger charge is -2.14. The molecule has 2 N–H and O–H groups in total. The van der Waals surface area contributed by atoms with Gasteiger partial charge >= 0.3 is 0 Å². The minimum absolute atomic E-state index is 0.691. The Hall–Kier alpha value is -0.870. The van der Waals surface area contributed by atoms with Crippen molar-refractivity contribution in [3.8, 4) is 11.5 Å². The van der Waals surface area contributed by atoms with Crippen LogP contribution in [0, 0.1) is 0 Å². The predicted molar refractivity (Wildman–Crippen MR) is 73.3 cm³/mol. The maximum atomic E-state index is 5.54. The monoisotopic (exact) mass is 255 g/mol. The van der Waals surface area contributed by atoms with Crippen molar-refractivity contribution in [3.63, 3.8) is 0 Å². The average molecular weight is 255 g/mol. The molecule has 0 aromatic heterocycles. The van der Waals surface area contributed by atoms with E-state index in [1.807, 2.05) is 0 Å². The second kappa shape index (κ2) is 7.45. The summed E-state index contributed by atoms with van der Waals surface area (Å²) in [7, 11) is 3.41. The fraction of sp³-hybridized carbons (Fsp3) is 0.538. The smallest absolute Gasteiger partial charge is 0.132 e. The van der Waals surface area contributed by atoms with Gasteiger partial charge in [-0.1, -0.05) is 6.92 Å². The molecule has 0 spiro atoms. The molecule has 0 aliphatic carbocycles. The van der Waals surface area contributed by atoms with E-state index >= 15 is 0 Å². The van der Waals surface area contributed by atoms with Gasteiger partial charge in [-0.15, -0.1) is 11.8 Å². The van der Waals surface area contributed by atoms with Crippen LogP contribution in [-0.4, -0.2) is 26.5 Å². The van der Waals surface area contributed by atoms with Gasteiger partial charge in [-0.2, -0.15) is 0 Å². The van der Waals surface area contributed by atoms with Crippen molar-refractivity contribution in [3.05, 3.63) is 17.7 Å². The van der Waals surface area contributed by atoms with Crippen LogP contribution in [-0.2, 0) is 6.42 Å². The molecule has 0 bridgehead atoms. The van der Waals surface area contributed by atoms with Gasteiger partial charge in [-0.05, 0) is 42.8 Å². The highest BCUT2D eigenvalue weighted by molar-refractivity contribution is 7.99. The van der Waals surface area contributed by atoms with Crippen molar-refractivity contribution in [2.75, 3.05) is 26.5 Å². The van der Waals surface area contributed by atoms with E-state index in [0.717, 1.165) is 40.6 Å². The van der Waals surface area contributed by atoms with Crippen molar-refractivity contribution >= 4 is 11.8 Å². The van der Waals surface area contributed by atoms with Gasteiger partial charge in [0.05, 0.1) is 19.1 Å². The fourth-order valence-electron chi connectivity index (χ4n) is 1.69. The minimum atomic E-state index is 0.691. The van der Waals surface area contributed by atoms with Gasteiger partial charge in [0.15, 0.2) is 0 Å². The Bertz CT molecular complexity index is 356. The van der Waals surface area contributed by atoms with Crippen LogP contribution < -0.4 is 15.2 Å². The van der Waals surface area contributed by atoms with E-state index in [4.69, 9.17) is 15.2 Å². The molecule has 0 unspecified atom stereocenters. The van der Waals surface area contributed by atoms with Crippen molar-refractivity contribution in [1.29, 1.82) is 0 Å². The van der Waals surface area contributed by atoms with Gasteiger partial charge in [0.25, 0.3) is 0 Å². The van der Waals surface area contributed by atoms with Crippen LogP contribution in [0.1, 0.15) is 18.9 Å². The second-order valence-electron chi connectivity index (χ2n) is 3.64. The molecule has 4 heteroatoms. The molecule has 1 aromatic carbocycles. The molecule has 0 fully saturated rings. The van der Waals surface area contributed by atoms with Gasteiger partial charge < -0.3 is 15.2 Å². The number of rotatable bonds is 7. The third-order valence-electron chi connectivity index (χ3n) is 2.52. The minimum Gasteiger partial charge on any atom is -0.496 e. The molecule has 0 saturated heterocycles. The summed E-state index contributed by atoms with van der Waals surface area (Å²) in [5.74, 6) is 2.86. The standard InChI is InChI=1S/C13H21NO2S/c1-4-17-13-9-11(15-2)10(6-5-7-14)8-12(13)16-3/h8-9H,4-7,14H2,1-3H3. The summed E-state index contributed by atoms with van der Waals surface area (Å²) in [5.41, 5.74) is 6.70. The largest absolute Gasteiger partial charge is 0.496 e. The zero-order valence-electron chi connectivity index (χ0n) is 10.8. The lowest BCUT2D eigenvalue weighted by Crippen LogP contribution is -2.02. The Morgan fingerprint density at radius 3 is 2.41 bits per heavy atom. The topological polar surface area (TPSA) is 44.5 Å². The first-order valence-corrected chi connectivity index (χ1v) is 6.83. The molecule has 96 valence electrons. The zero-order chi connectivity index (χ0) is 12.7. The van der Waals surface area contributed by atoms with Crippen molar-refractivity contribution < 1.29 is 9.47 Å². The van der Waals surface area contributed by atoms with Gasteiger partial charge in [0.1, 0.15) is 11.5 Å². The van der Waals surface area contributed by atoms with E-state index in [1.165, 1.54) is 0 Å². The number of aryl methyl sites for hydroxylation is 1. The molecule has 0 amide bonds. The molecule has 17 heavy (non-hydrogen) atoms. The average Bonchev–Trinajstić information content (AvgIpc) is 2.36. The number of hydrogen-bond donors (Lipinski definition) is 1. The van der Waals surface area contributed by atoms with Gasteiger partial charge in [0.2, 0.25) is 0 Å². The van der Waals surface area contributed by atoms with Gasteiger partial charge in [-0.25, -0.2) is 0 Å². The first-order chi connectivity index (χ1) is 8.26. The van der Waals surface area contributed by atoms with Crippen molar-refractivity contribution in [2.24, 2.45) is 5.73 Å². The van der Waals surface area contributed by atoms with Gasteiger partial charge in [0, 0.05) is 0 Å². The number of methoxy groups -OCH3 is 2. The summed E-state index contributed by atoms with van der Waals surface area (Å²) >= 11 is 1.76. The highest BCUT2D eigenvalue weighted by Crippen LogP contribution is 2.35. The Labute approximate surface area is 108 Å². The van der Waals surface area contributed by atoms with Crippen molar-refractivity contribution in [1.82, 2.24) is 0 Å². The Morgan fingerprint density at radius 2 is 1.88 bits per heavy atom. The number of benzene rings is 1. The molecule has 0 heterocycles. The third-order valence-corrected chi connectivity index (χ3v) is 3.44. The van der Waals surface area contributed by atoms with Crippen LogP contribution in [0.2, 0.25) is 0 Å². The second-order valence-corrected chi connectivity index (χ2v) is 4.95. The maximum Gasteiger partial charge on any atom is 0.132 e.